The van der Waals surface area contributed by atoms with Gasteiger partial charge in [-0.1, -0.05) is 30.3 Å². The maximum Gasteiger partial charge on any atom is 0.119 e. The zero-order chi connectivity index (χ0) is 11.9. The van der Waals surface area contributed by atoms with Gasteiger partial charge in [-0.05, 0) is 29.8 Å². The number of ether oxygens (including phenoxy) is 2. The van der Waals surface area contributed by atoms with Gasteiger partial charge in [-0.3, -0.25) is 0 Å². The zero-order valence-corrected chi connectivity index (χ0v) is 9.93. The molecule has 0 amide bonds. The fraction of sp³-hybridized carbons (Fsp3) is 0.200. The summed E-state index contributed by atoms with van der Waals surface area (Å²) in [5.74, 6) is 1.80. The Morgan fingerprint density at radius 1 is 0.882 bits per heavy atom. The molecular formula is C15H16O2. The molecule has 2 aromatic carbocycles. The van der Waals surface area contributed by atoms with Gasteiger partial charge >= 0.3 is 0 Å². The molecule has 0 saturated heterocycles. The lowest BCUT2D eigenvalue weighted by molar-refractivity contribution is 0.321. The number of rotatable bonds is 5. The van der Waals surface area contributed by atoms with Crippen LogP contribution in [-0.2, 0) is 6.42 Å². The molecule has 88 valence electrons. The van der Waals surface area contributed by atoms with E-state index in [1.54, 1.807) is 7.11 Å². The van der Waals surface area contributed by atoms with E-state index >= 15 is 0 Å². The van der Waals surface area contributed by atoms with Gasteiger partial charge in [0.2, 0.25) is 0 Å². The molecule has 0 heterocycles. The quantitative estimate of drug-likeness (QED) is 0.781. The van der Waals surface area contributed by atoms with Gasteiger partial charge in [0.05, 0.1) is 13.7 Å². The van der Waals surface area contributed by atoms with E-state index < -0.39 is 0 Å². The normalized spacial score (nSPS) is 9.94. The summed E-state index contributed by atoms with van der Waals surface area (Å²) in [6.07, 6.45) is 0.881. The van der Waals surface area contributed by atoms with Gasteiger partial charge in [0.1, 0.15) is 11.5 Å². The van der Waals surface area contributed by atoms with Crippen molar-refractivity contribution in [3.05, 3.63) is 60.2 Å². The van der Waals surface area contributed by atoms with Gasteiger partial charge in [0, 0.05) is 6.42 Å². The van der Waals surface area contributed by atoms with E-state index in [1.165, 1.54) is 5.56 Å². The summed E-state index contributed by atoms with van der Waals surface area (Å²) in [6.45, 7) is 0.678. The van der Waals surface area contributed by atoms with Crippen LogP contribution in [0.25, 0.3) is 0 Å². The molecule has 0 spiro atoms. The maximum absolute atomic E-state index is 5.64. The molecule has 0 radical (unpaired) electrons. The highest BCUT2D eigenvalue weighted by atomic mass is 16.5. The number of para-hydroxylation sites is 1. The third kappa shape index (κ3) is 3.52. The van der Waals surface area contributed by atoms with Gasteiger partial charge in [-0.25, -0.2) is 0 Å². The standard InChI is InChI=1S/C15H16O2/c1-16-15-9-5-6-13(12-15)10-11-17-14-7-3-2-4-8-14/h2-9,12H,10-11H2,1H3. The van der Waals surface area contributed by atoms with Crippen molar-refractivity contribution in [3.63, 3.8) is 0 Å². The van der Waals surface area contributed by atoms with E-state index in [1.807, 2.05) is 48.5 Å². The Balaban J connectivity index is 1.86. The number of methoxy groups -OCH3 is 1. The number of hydrogen-bond donors (Lipinski definition) is 0. The fourth-order valence-electron chi connectivity index (χ4n) is 1.63. The molecule has 0 aliphatic carbocycles. The van der Waals surface area contributed by atoms with Crippen LogP contribution in [0.2, 0.25) is 0 Å². The predicted molar refractivity (Wildman–Crippen MR) is 68.6 cm³/mol. The largest absolute Gasteiger partial charge is 0.497 e. The Bertz CT molecular complexity index is 451. The van der Waals surface area contributed by atoms with Crippen molar-refractivity contribution in [2.75, 3.05) is 13.7 Å². The Kier molecular flexibility index (Phi) is 4.03. The third-order valence-electron chi connectivity index (χ3n) is 2.54. The molecule has 0 aliphatic heterocycles. The molecule has 0 N–H and O–H groups in total. The van der Waals surface area contributed by atoms with Crippen LogP contribution in [0.4, 0.5) is 0 Å². The second kappa shape index (κ2) is 5.94. The Hall–Kier alpha value is -1.96. The molecule has 0 saturated carbocycles. The van der Waals surface area contributed by atoms with Gasteiger partial charge in [0.25, 0.3) is 0 Å². The highest BCUT2D eigenvalue weighted by Gasteiger charge is 1.97. The third-order valence-corrected chi connectivity index (χ3v) is 2.54. The summed E-state index contributed by atoms with van der Waals surface area (Å²) in [4.78, 5) is 0. The average Bonchev–Trinajstić information content (AvgIpc) is 2.40. The van der Waals surface area contributed by atoms with Crippen LogP contribution in [-0.4, -0.2) is 13.7 Å². The summed E-state index contributed by atoms with van der Waals surface area (Å²) in [7, 11) is 1.68. The van der Waals surface area contributed by atoms with Crippen molar-refractivity contribution in [2.24, 2.45) is 0 Å². The van der Waals surface area contributed by atoms with E-state index in [2.05, 4.69) is 6.07 Å². The van der Waals surface area contributed by atoms with Crippen molar-refractivity contribution >= 4 is 0 Å². The van der Waals surface area contributed by atoms with Crippen molar-refractivity contribution in [3.8, 4) is 11.5 Å². The highest BCUT2D eigenvalue weighted by Crippen LogP contribution is 2.14. The summed E-state index contributed by atoms with van der Waals surface area (Å²) < 4.78 is 10.8. The first-order valence-corrected chi connectivity index (χ1v) is 5.69. The molecule has 2 aromatic rings. The van der Waals surface area contributed by atoms with Crippen LogP contribution in [0.3, 0.4) is 0 Å². The minimum atomic E-state index is 0.678. The van der Waals surface area contributed by atoms with Crippen LogP contribution in [0.1, 0.15) is 5.56 Å². The molecular weight excluding hydrogens is 212 g/mol. The average molecular weight is 228 g/mol. The summed E-state index contributed by atoms with van der Waals surface area (Å²) in [5, 5.41) is 0. The fourth-order valence-corrected chi connectivity index (χ4v) is 1.63. The lowest BCUT2D eigenvalue weighted by Gasteiger charge is -2.07. The summed E-state index contributed by atoms with van der Waals surface area (Å²) in [6, 6.07) is 17.9. The zero-order valence-electron chi connectivity index (χ0n) is 9.93. The van der Waals surface area contributed by atoms with Crippen LogP contribution in [0, 0.1) is 0 Å². The maximum atomic E-state index is 5.64. The van der Waals surface area contributed by atoms with Crippen LogP contribution >= 0.6 is 0 Å². The molecule has 0 aliphatic rings. The monoisotopic (exact) mass is 228 g/mol. The smallest absolute Gasteiger partial charge is 0.119 e. The molecule has 0 bridgehead atoms. The SMILES string of the molecule is COc1cccc(CCOc2ccccc2)c1. The van der Waals surface area contributed by atoms with E-state index in [4.69, 9.17) is 9.47 Å². The second-order valence-corrected chi connectivity index (χ2v) is 3.76. The molecule has 17 heavy (non-hydrogen) atoms. The molecule has 0 aromatic heterocycles. The Morgan fingerprint density at radius 2 is 1.65 bits per heavy atom. The minimum absolute atomic E-state index is 0.678. The van der Waals surface area contributed by atoms with Crippen LogP contribution < -0.4 is 9.47 Å². The summed E-state index contributed by atoms with van der Waals surface area (Å²) in [5.41, 5.74) is 1.22. The first kappa shape index (κ1) is 11.5. The van der Waals surface area contributed by atoms with Crippen LogP contribution in [0.15, 0.2) is 54.6 Å². The predicted octanol–water partition coefficient (Wildman–Crippen LogP) is 3.32. The van der Waals surface area contributed by atoms with E-state index in [0.29, 0.717) is 6.61 Å². The number of hydrogen-bond acceptors (Lipinski definition) is 2. The molecule has 0 fully saturated rings. The lowest BCUT2D eigenvalue weighted by Crippen LogP contribution is -2.01. The highest BCUT2D eigenvalue weighted by molar-refractivity contribution is 5.28. The van der Waals surface area contributed by atoms with Crippen molar-refractivity contribution in [2.45, 2.75) is 6.42 Å². The van der Waals surface area contributed by atoms with Gasteiger partial charge < -0.3 is 9.47 Å². The molecule has 0 atom stereocenters. The minimum Gasteiger partial charge on any atom is -0.497 e. The van der Waals surface area contributed by atoms with Crippen molar-refractivity contribution < 1.29 is 9.47 Å². The Labute approximate surface area is 102 Å². The van der Waals surface area contributed by atoms with E-state index in [9.17, 15) is 0 Å². The van der Waals surface area contributed by atoms with Gasteiger partial charge in [-0.15, -0.1) is 0 Å². The first-order chi connectivity index (χ1) is 8.38. The van der Waals surface area contributed by atoms with E-state index in [-0.39, 0.29) is 0 Å². The second-order valence-electron chi connectivity index (χ2n) is 3.76. The lowest BCUT2D eigenvalue weighted by atomic mass is 10.1. The topological polar surface area (TPSA) is 18.5 Å². The van der Waals surface area contributed by atoms with Gasteiger partial charge in [0.15, 0.2) is 0 Å². The Morgan fingerprint density at radius 3 is 2.41 bits per heavy atom. The summed E-state index contributed by atoms with van der Waals surface area (Å²) >= 11 is 0. The first-order valence-electron chi connectivity index (χ1n) is 5.69. The molecule has 2 rings (SSSR count). The van der Waals surface area contributed by atoms with Crippen LogP contribution in [0.5, 0.6) is 11.5 Å². The van der Waals surface area contributed by atoms with E-state index in [0.717, 1.165) is 17.9 Å². The van der Waals surface area contributed by atoms with Crippen molar-refractivity contribution in [1.29, 1.82) is 0 Å². The number of benzene rings is 2. The van der Waals surface area contributed by atoms with Gasteiger partial charge in [-0.2, -0.15) is 0 Å². The molecule has 2 nitrogen and oxygen atoms in total. The molecule has 2 heteroatoms. The molecule has 0 unspecified atom stereocenters. The van der Waals surface area contributed by atoms with Crippen molar-refractivity contribution in [1.82, 2.24) is 0 Å².